The summed E-state index contributed by atoms with van der Waals surface area (Å²) in [6.45, 7) is 2.69. The molecule has 0 spiro atoms. The standard InChI is InChI=1S/C20H25F3N4OS.HI/c1-13-7-8-14(16(9-13)28-15-5-3-4-6-15)10-25-19(24-2)26-11-18-27-17(12-29-18)20(21,22)23;/h7-9,12,15H,3-6,10-11H2,1-2H3,(H2,24,25,26);1H. The number of aromatic nitrogens is 1. The monoisotopic (exact) mass is 554 g/mol. The van der Waals surface area contributed by atoms with Crippen molar-refractivity contribution in [2.24, 2.45) is 4.99 Å². The molecule has 1 fully saturated rings. The van der Waals surface area contributed by atoms with Crippen LogP contribution in [0, 0.1) is 6.92 Å². The molecule has 1 heterocycles. The summed E-state index contributed by atoms with van der Waals surface area (Å²) in [6, 6.07) is 6.10. The zero-order valence-corrected chi connectivity index (χ0v) is 20.0. The highest BCUT2D eigenvalue weighted by Crippen LogP contribution is 2.30. The summed E-state index contributed by atoms with van der Waals surface area (Å²) in [6.07, 6.45) is 0.410. The molecule has 1 aromatic carbocycles. The Morgan fingerprint density at radius 3 is 2.57 bits per heavy atom. The number of ether oxygens (including phenoxy) is 1. The van der Waals surface area contributed by atoms with Crippen molar-refractivity contribution in [1.82, 2.24) is 15.6 Å². The number of nitrogens with one attached hydrogen (secondary N) is 2. The summed E-state index contributed by atoms with van der Waals surface area (Å²) < 4.78 is 44.2. The molecule has 10 heteroatoms. The van der Waals surface area contributed by atoms with Gasteiger partial charge < -0.3 is 15.4 Å². The van der Waals surface area contributed by atoms with E-state index in [1.54, 1.807) is 7.05 Å². The number of alkyl halides is 3. The molecule has 1 saturated carbocycles. The fourth-order valence-electron chi connectivity index (χ4n) is 3.18. The average Bonchev–Trinajstić information content (AvgIpc) is 3.35. The second-order valence-electron chi connectivity index (χ2n) is 7.04. The van der Waals surface area contributed by atoms with Crippen LogP contribution in [0.2, 0.25) is 0 Å². The summed E-state index contributed by atoms with van der Waals surface area (Å²) in [5, 5.41) is 7.56. The molecule has 0 aliphatic heterocycles. The van der Waals surface area contributed by atoms with E-state index in [1.165, 1.54) is 12.8 Å². The molecule has 1 aliphatic carbocycles. The lowest BCUT2D eigenvalue weighted by atomic mass is 10.1. The Kier molecular flexibility index (Phi) is 9.20. The molecule has 0 saturated heterocycles. The summed E-state index contributed by atoms with van der Waals surface area (Å²) in [4.78, 5) is 7.75. The van der Waals surface area contributed by atoms with Crippen molar-refractivity contribution in [2.75, 3.05) is 7.05 Å². The van der Waals surface area contributed by atoms with Crippen molar-refractivity contribution in [3.05, 3.63) is 45.4 Å². The third-order valence-corrected chi connectivity index (χ3v) is 5.59. The highest BCUT2D eigenvalue weighted by atomic mass is 127. The van der Waals surface area contributed by atoms with Gasteiger partial charge in [-0.25, -0.2) is 4.98 Å². The Bertz CT molecular complexity index is 851. The van der Waals surface area contributed by atoms with Gasteiger partial charge in [0.1, 0.15) is 10.8 Å². The third-order valence-electron chi connectivity index (χ3n) is 4.74. The number of aliphatic imine (C=N–C) groups is 1. The van der Waals surface area contributed by atoms with E-state index in [4.69, 9.17) is 4.74 Å². The van der Waals surface area contributed by atoms with E-state index in [2.05, 4.69) is 20.6 Å². The van der Waals surface area contributed by atoms with Crippen LogP contribution in [0.15, 0.2) is 28.6 Å². The fraction of sp³-hybridized carbons (Fsp3) is 0.500. The lowest BCUT2D eigenvalue weighted by Crippen LogP contribution is -2.36. The summed E-state index contributed by atoms with van der Waals surface area (Å²) in [5.74, 6) is 1.36. The summed E-state index contributed by atoms with van der Waals surface area (Å²) >= 11 is 0.969. The fourth-order valence-corrected chi connectivity index (χ4v) is 3.93. The maximum absolute atomic E-state index is 12.7. The van der Waals surface area contributed by atoms with Crippen LogP contribution in [0.3, 0.4) is 0 Å². The summed E-state index contributed by atoms with van der Waals surface area (Å²) in [5.41, 5.74) is 1.28. The molecule has 0 amide bonds. The van der Waals surface area contributed by atoms with Crippen LogP contribution >= 0.6 is 35.3 Å². The van der Waals surface area contributed by atoms with Gasteiger partial charge in [0.15, 0.2) is 11.7 Å². The molecule has 30 heavy (non-hydrogen) atoms. The largest absolute Gasteiger partial charge is 0.490 e. The first kappa shape index (κ1) is 24.7. The maximum Gasteiger partial charge on any atom is 0.434 e. The van der Waals surface area contributed by atoms with Gasteiger partial charge in [-0.1, -0.05) is 12.1 Å². The molecular weight excluding hydrogens is 528 g/mol. The highest BCUT2D eigenvalue weighted by Gasteiger charge is 2.33. The van der Waals surface area contributed by atoms with Crippen LogP contribution in [0.25, 0.3) is 0 Å². The number of rotatable bonds is 6. The molecule has 1 aliphatic rings. The second kappa shape index (κ2) is 11.2. The van der Waals surface area contributed by atoms with Crippen molar-refractivity contribution in [3.8, 4) is 5.75 Å². The first-order valence-electron chi connectivity index (χ1n) is 9.57. The number of benzene rings is 1. The number of halogens is 4. The predicted molar refractivity (Wildman–Crippen MR) is 124 cm³/mol. The Balaban J connectivity index is 0.00000320. The van der Waals surface area contributed by atoms with Crippen LogP contribution in [0.5, 0.6) is 5.75 Å². The average molecular weight is 554 g/mol. The molecule has 0 radical (unpaired) electrons. The molecule has 1 aromatic heterocycles. The van der Waals surface area contributed by atoms with Crippen molar-refractivity contribution in [2.45, 2.75) is 58.0 Å². The van der Waals surface area contributed by atoms with Gasteiger partial charge in [0.05, 0.1) is 12.6 Å². The van der Waals surface area contributed by atoms with Gasteiger partial charge >= 0.3 is 6.18 Å². The zero-order valence-electron chi connectivity index (χ0n) is 16.9. The first-order chi connectivity index (χ1) is 13.8. The minimum Gasteiger partial charge on any atom is -0.490 e. The number of hydrogen-bond donors (Lipinski definition) is 2. The Morgan fingerprint density at radius 1 is 1.23 bits per heavy atom. The Labute approximate surface area is 195 Å². The number of nitrogens with zero attached hydrogens (tertiary/aromatic N) is 2. The first-order valence-corrected chi connectivity index (χ1v) is 10.5. The molecule has 2 aromatic rings. The Hall–Kier alpha value is -1.56. The third kappa shape index (κ3) is 7.00. The summed E-state index contributed by atoms with van der Waals surface area (Å²) in [7, 11) is 1.61. The molecule has 2 N–H and O–H groups in total. The molecule has 3 rings (SSSR count). The van der Waals surface area contributed by atoms with Crippen LogP contribution in [0.1, 0.15) is 47.5 Å². The van der Waals surface area contributed by atoms with E-state index < -0.39 is 11.9 Å². The van der Waals surface area contributed by atoms with Crippen LogP contribution < -0.4 is 15.4 Å². The zero-order chi connectivity index (χ0) is 20.9. The molecular formula is C20H26F3IN4OS. The lowest BCUT2D eigenvalue weighted by Gasteiger charge is -2.18. The van der Waals surface area contributed by atoms with E-state index in [1.807, 2.05) is 25.1 Å². The minimum atomic E-state index is -4.42. The van der Waals surface area contributed by atoms with Crippen LogP contribution in [-0.2, 0) is 19.3 Å². The van der Waals surface area contributed by atoms with Crippen LogP contribution in [-0.4, -0.2) is 24.1 Å². The van der Waals surface area contributed by atoms with E-state index in [-0.39, 0.29) is 36.6 Å². The SMILES string of the molecule is CN=C(NCc1nc(C(F)(F)F)cs1)NCc1ccc(C)cc1OC1CCCC1.I. The van der Waals surface area contributed by atoms with Gasteiger partial charge in [-0.05, 0) is 44.2 Å². The Morgan fingerprint density at radius 2 is 1.93 bits per heavy atom. The van der Waals surface area contributed by atoms with Gasteiger partial charge in [0.2, 0.25) is 0 Å². The maximum atomic E-state index is 12.7. The van der Waals surface area contributed by atoms with Gasteiger partial charge in [-0.2, -0.15) is 13.2 Å². The molecule has 0 bridgehead atoms. The topological polar surface area (TPSA) is 58.5 Å². The number of hydrogen-bond acceptors (Lipinski definition) is 4. The minimum absolute atomic E-state index is 0. The second-order valence-corrected chi connectivity index (χ2v) is 7.98. The molecule has 166 valence electrons. The lowest BCUT2D eigenvalue weighted by molar-refractivity contribution is -0.140. The van der Waals surface area contributed by atoms with Gasteiger partial charge in [-0.3, -0.25) is 4.99 Å². The normalized spacial score (nSPS) is 15.0. The van der Waals surface area contributed by atoms with Crippen molar-refractivity contribution < 1.29 is 17.9 Å². The van der Waals surface area contributed by atoms with Gasteiger partial charge in [0.25, 0.3) is 0 Å². The number of guanidine groups is 1. The molecule has 5 nitrogen and oxygen atoms in total. The van der Waals surface area contributed by atoms with Crippen LogP contribution in [0.4, 0.5) is 13.2 Å². The van der Waals surface area contributed by atoms with Crippen molar-refractivity contribution in [3.63, 3.8) is 0 Å². The van der Waals surface area contributed by atoms with Crippen molar-refractivity contribution >= 4 is 41.3 Å². The van der Waals surface area contributed by atoms with E-state index in [9.17, 15) is 13.2 Å². The van der Waals surface area contributed by atoms with Crippen molar-refractivity contribution in [1.29, 1.82) is 0 Å². The van der Waals surface area contributed by atoms with E-state index in [0.717, 1.165) is 46.4 Å². The van der Waals surface area contributed by atoms with Gasteiger partial charge in [-0.15, -0.1) is 35.3 Å². The molecule has 0 unspecified atom stereocenters. The highest BCUT2D eigenvalue weighted by molar-refractivity contribution is 14.0. The van der Waals surface area contributed by atoms with Gasteiger partial charge in [0, 0.05) is 24.5 Å². The smallest absolute Gasteiger partial charge is 0.434 e. The predicted octanol–water partition coefficient (Wildman–Crippen LogP) is 5.27. The number of thiazole rings is 1. The quantitative estimate of drug-likeness (QED) is 0.290. The van der Waals surface area contributed by atoms with E-state index in [0.29, 0.717) is 17.5 Å². The number of aryl methyl sites for hydroxylation is 1. The van der Waals surface area contributed by atoms with E-state index >= 15 is 0 Å². The molecule has 0 atom stereocenters.